The summed E-state index contributed by atoms with van der Waals surface area (Å²) in [5.74, 6) is -1.66. The van der Waals surface area contributed by atoms with Gasteiger partial charge >= 0.3 is 5.97 Å². The number of rotatable bonds is 8. The molecular formula is C20H21N5O3. The van der Waals surface area contributed by atoms with Crippen LogP contribution in [0.1, 0.15) is 28.9 Å². The van der Waals surface area contributed by atoms with Gasteiger partial charge < -0.3 is 10.4 Å². The molecule has 0 aliphatic rings. The summed E-state index contributed by atoms with van der Waals surface area (Å²) in [6, 6.07) is 17.7. The normalized spacial score (nSPS) is 12.9. The molecule has 2 unspecified atom stereocenters. The van der Waals surface area contributed by atoms with Crippen molar-refractivity contribution in [2.75, 3.05) is 6.54 Å². The number of carbonyl (C=O) groups is 2. The number of hydrogen-bond donors (Lipinski definition) is 2. The van der Waals surface area contributed by atoms with E-state index in [9.17, 15) is 14.7 Å². The molecule has 0 aliphatic carbocycles. The third-order valence-corrected chi connectivity index (χ3v) is 4.51. The molecule has 28 heavy (non-hydrogen) atoms. The van der Waals surface area contributed by atoms with E-state index in [-0.39, 0.29) is 12.5 Å². The van der Waals surface area contributed by atoms with Gasteiger partial charge in [-0.25, -0.2) is 4.68 Å². The number of nitrogens with one attached hydrogen (secondary N) is 1. The van der Waals surface area contributed by atoms with Crippen molar-refractivity contribution in [2.45, 2.75) is 25.3 Å². The molecule has 2 atom stereocenters. The van der Waals surface area contributed by atoms with Gasteiger partial charge in [-0.1, -0.05) is 60.7 Å². The molecule has 8 heteroatoms. The average Bonchev–Trinajstić information content (AvgIpc) is 3.13. The highest BCUT2D eigenvalue weighted by Crippen LogP contribution is 2.18. The molecule has 1 amide bonds. The van der Waals surface area contributed by atoms with Crippen LogP contribution in [-0.2, 0) is 16.0 Å². The lowest BCUT2D eigenvalue weighted by Crippen LogP contribution is -2.38. The SMILES string of the molecule is Cc1nnnn1C(Cc1ccccc1)C(=O)NCC(C(=O)O)c1ccccc1. The summed E-state index contributed by atoms with van der Waals surface area (Å²) in [7, 11) is 0. The number of benzene rings is 2. The number of aromatic nitrogens is 4. The Morgan fingerprint density at radius 1 is 1.07 bits per heavy atom. The lowest BCUT2D eigenvalue weighted by molar-refractivity contribution is -0.138. The van der Waals surface area contributed by atoms with Crippen LogP contribution in [0.3, 0.4) is 0 Å². The number of hydrogen-bond acceptors (Lipinski definition) is 5. The van der Waals surface area contributed by atoms with Gasteiger partial charge in [0, 0.05) is 13.0 Å². The Hall–Kier alpha value is -3.55. The Bertz CT molecular complexity index is 927. The Kier molecular flexibility index (Phi) is 6.11. The average molecular weight is 379 g/mol. The fourth-order valence-electron chi connectivity index (χ4n) is 3.01. The Balaban J connectivity index is 1.77. The zero-order valence-corrected chi connectivity index (χ0v) is 15.4. The summed E-state index contributed by atoms with van der Waals surface area (Å²) in [4.78, 5) is 24.6. The number of carbonyl (C=O) groups excluding carboxylic acids is 1. The van der Waals surface area contributed by atoms with Gasteiger partial charge in [0.05, 0.1) is 5.92 Å². The van der Waals surface area contributed by atoms with Crippen molar-refractivity contribution in [1.29, 1.82) is 0 Å². The largest absolute Gasteiger partial charge is 0.481 e. The first-order valence-corrected chi connectivity index (χ1v) is 8.90. The number of carboxylic acids is 1. The highest BCUT2D eigenvalue weighted by atomic mass is 16.4. The van der Waals surface area contributed by atoms with Gasteiger partial charge in [0.15, 0.2) is 0 Å². The Labute approximate surface area is 162 Å². The molecule has 0 fully saturated rings. The van der Waals surface area contributed by atoms with E-state index in [0.717, 1.165) is 5.56 Å². The highest BCUT2D eigenvalue weighted by molar-refractivity contribution is 5.82. The van der Waals surface area contributed by atoms with Crippen molar-refractivity contribution >= 4 is 11.9 Å². The minimum absolute atomic E-state index is 0.0232. The maximum absolute atomic E-state index is 12.9. The second kappa shape index (κ2) is 8.90. The summed E-state index contributed by atoms with van der Waals surface area (Å²) >= 11 is 0. The van der Waals surface area contributed by atoms with E-state index >= 15 is 0 Å². The van der Waals surface area contributed by atoms with E-state index in [1.807, 2.05) is 36.4 Å². The monoisotopic (exact) mass is 379 g/mol. The molecule has 0 spiro atoms. The summed E-state index contributed by atoms with van der Waals surface area (Å²) in [5, 5.41) is 23.7. The predicted molar refractivity (Wildman–Crippen MR) is 102 cm³/mol. The summed E-state index contributed by atoms with van der Waals surface area (Å²) in [5.41, 5.74) is 1.59. The first kappa shape index (κ1) is 19.2. The van der Waals surface area contributed by atoms with Gasteiger partial charge in [-0.15, -0.1) is 5.10 Å². The molecule has 144 valence electrons. The quantitative estimate of drug-likeness (QED) is 0.617. The summed E-state index contributed by atoms with van der Waals surface area (Å²) < 4.78 is 1.46. The van der Waals surface area contributed by atoms with Crippen LogP contribution in [0.15, 0.2) is 60.7 Å². The Morgan fingerprint density at radius 2 is 1.71 bits per heavy atom. The number of aryl methyl sites for hydroxylation is 1. The van der Waals surface area contributed by atoms with Crippen LogP contribution in [0.5, 0.6) is 0 Å². The first-order chi connectivity index (χ1) is 13.6. The highest BCUT2D eigenvalue weighted by Gasteiger charge is 2.27. The van der Waals surface area contributed by atoms with Gasteiger partial charge in [0.2, 0.25) is 5.91 Å². The van der Waals surface area contributed by atoms with E-state index in [1.54, 1.807) is 31.2 Å². The maximum Gasteiger partial charge on any atom is 0.312 e. The van der Waals surface area contributed by atoms with Crippen LogP contribution in [0.4, 0.5) is 0 Å². The smallest absolute Gasteiger partial charge is 0.312 e. The predicted octanol–water partition coefficient (Wildman–Crippen LogP) is 1.75. The van der Waals surface area contributed by atoms with Crippen LogP contribution in [0, 0.1) is 6.92 Å². The van der Waals surface area contributed by atoms with Gasteiger partial charge in [-0.05, 0) is 28.5 Å². The molecule has 1 heterocycles. The zero-order chi connectivity index (χ0) is 19.9. The van der Waals surface area contributed by atoms with Gasteiger partial charge in [-0.3, -0.25) is 9.59 Å². The van der Waals surface area contributed by atoms with Crippen molar-refractivity contribution in [3.8, 4) is 0 Å². The molecule has 0 bridgehead atoms. The number of carboxylic acid groups (broad SMARTS) is 1. The van der Waals surface area contributed by atoms with Crippen LogP contribution in [0.25, 0.3) is 0 Å². The first-order valence-electron chi connectivity index (χ1n) is 8.90. The molecule has 8 nitrogen and oxygen atoms in total. The molecule has 0 aliphatic heterocycles. The summed E-state index contributed by atoms with van der Waals surface area (Å²) in [6.45, 7) is 1.69. The van der Waals surface area contributed by atoms with E-state index in [0.29, 0.717) is 17.8 Å². The third-order valence-electron chi connectivity index (χ3n) is 4.51. The van der Waals surface area contributed by atoms with Crippen molar-refractivity contribution < 1.29 is 14.7 Å². The van der Waals surface area contributed by atoms with Crippen LogP contribution in [0.2, 0.25) is 0 Å². The molecule has 2 N–H and O–H groups in total. The number of amides is 1. The standard InChI is InChI=1S/C20H21N5O3/c1-14-22-23-24-25(14)18(12-15-8-4-2-5-9-15)19(26)21-13-17(20(27)28)16-10-6-3-7-11-16/h2-11,17-18H,12-13H2,1H3,(H,21,26)(H,27,28). The zero-order valence-electron chi connectivity index (χ0n) is 15.4. The lowest BCUT2D eigenvalue weighted by Gasteiger charge is -2.19. The second-order valence-electron chi connectivity index (χ2n) is 6.42. The fraction of sp³-hybridized carbons (Fsp3) is 0.250. The van der Waals surface area contributed by atoms with E-state index in [1.165, 1.54) is 4.68 Å². The van der Waals surface area contributed by atoms with E-state index < -0.39 is 17.9 Å². The van der Waals surface area contributed by atoms with Gasteiger partial charge in [0.25, 0.3) is 0 Å². The number of aliphatic carboxylic acids is 1. The van der Waals surface area contributed by atoms with Crippen LogP contribution in [-0.4, -0.2) is 43.7 Å². The van der Waals surface area contributed by atoms with Crippen LogP contribution >= 0.6 is 0 Å². The van der Waals surface area contributed by atoms with Gasteiger partial charge in [0.1, 0.15) is 11.9 Å². The number of tetrazole rings is 1. The van der Waals surface area contributed by atoms with Crippen molar-refractivity contribution in [3.63, 3.8) is 0 Å². The molecule has 0 radical (unpaired) electrons. The topological polar surface area (TPSA) is 110 Å². The fourth-order valence-corrected chi connectivity index (χ4v) is 3.01. The summed E-state index contributed by atoms with van der Waals surface area (Å²) in [6.07, 6.45) is 0.391. The Morgan fingerprint density at radius 3 is 2.29 bits per heavy atom. The van der Waals surface area contributed by atoms with E-state index in [4.69, 9.17) is 0 Å². The van der Waals surface area contributed by atoms with Crippen molar-refractivity contribution in [1.82, 2.24) is 25.5 Å². The van der Waals surface area contributed by atoms with Gasteiger partial charge in [-0.2, -0.15) is 0 Å². The van der Waals surface area contributed by atoms with E-state index in [2.05, 4.69) is 20.8 Å². The lowest BCUT2D eigenvalue weighted by atomic mass is 9.99. The minimum Gasteiger partial charge on any atom is -0.481 e. The molecule has 0 saturated carbocycles. The number of nitrogens with zero attached hydrogens (tertiary/aromatic N) is 4. The molecule has 2 aromatic carbocycles. The maximum atomic E-state index is 12.9. The van der Waals surface area contributed by atoms with Crippen LogP contribution < -0.4 is 5.32 Å². The van der Waals surface area contributed by atoms with Crippen molar-refractivity contribution in [3.05, 3.63) is 77.6 Å². The molecule has 1 aromatic heterocycles. The minimum atomic E-state index is -0.996. The molecule has 3 aromatic rings. The van der Waals surface area contributed by atoms with Crippen molar-refractivity contribution in [2.24, 2.45) is 0 Å². The second-order valence-corrected chi connectivity index (χ2v) is 6.42. The molecule has 0 saturated heterocycles. The third kappa shape index (κ3) is 4.59. The molecular weight excluding hydrogens is 358 g/mol. The molecule has 3 rings (SSSR count).